The van der Waals surface area contributed by atoms with Gasteiger partial charge in [0.25, 0.3) is 0 Å². The fourth-order valence-electron chi connectivity index (χ4n) is 2.86. The van der Waals surface area contributed by atoms with E-state index in [1.165, 1.54) is 12.4 Å². The second kappa shape index (κ2) is 7.38. The zero-order valence-corrected chi connectivity index (χ0v) is 14.3. The summed E-state index contributed by atoms with van der Waals surface area (Å²) < 4.78 is 19.9. The standard InChI is InChI=1S/C20H21FN2O2/c1-3-4-5-6-17(24)18-16(21)11-15(19-20(18)23-12-22-19)13-7-9-14(25-2)10-8-13/h6-12,24H,3-5H2,1-2H3,(H,22,23)/b17-6+. The van der Waals surface area contributed by atoms with Crippen molar-refractivity contribution < 1.29 is 14.2 Å². The van der Waals surface area contributed by atoms with Gasteiger partial charge in [-0.1, -0.05) is 25.5 Å². The van der Waals surface area contributed by atoms with Gasteiger partial charge in [0.15, 0.2) is 0 Å². The third-order valence-electron chi connectivity index (χ3n) is 4.21. The van der Waals surface area contributed by atoms with Crippen molar-refractivity contribution in [1.29, 1.82) is 0 Å². The average molecular weight is 340 g/mol. The van der Waals surface area contributed by atoms with Gasteiger partial charge in [0.1, 0.15) is 17.3 Å². The van der Waals surface area contributed by atoms with Crippen molar-refractivity contribution >= 4 is 16.8 Å². The number of unbranched alkanes of at least 4 members (excludes halogenated alkanes) is 2. The van der Waals surface area contributed by atoms with E-state index in [1.807, 2.05) is 24.3 Å². The van der Waals surface area contributed by atoms with E-state index in [0.717, 1.165) is 24.2 Å². The number of aromatic amines is 1. The van der Waals surface area contributed by atoms with Crippen LogP contribution in [0.3, 0.4) is 0 Å². The van der Waals surface area contributed by atoms with Gasteiger partial charge in [0.05, 0.1) is 30.0 Å². The van der Waals surface area contributed by atoms with Crippen molar-refractivity contribution in [2.24, 2.45) is 0 Å². The highest BCUT2D eigenvalue weighted by atomic mass is 19.1. The number of allylic oxidation sites excluding steroid dienone is 1. The molecular formula is C20H21FN2O2. The van der Waals surface area contributed by atoms with Crippen molar-refractivity contribution in [2.75, 3.05) is 7.11 Å². The normalized spacial score (nSPS) is 11.9. The van der Waals surface area contributed by atoms with E-state index in [9.17, 15) is 9.50 Å². The Hall–Kier alpha value is -2.82. The summed E-state index contributed by atoms with van der Waals surface area (Å²) in [6, 6.07) is 8.78. The van der Waals surface area contributed by atoms with Crippen molar-refractivity contribution in [3.8, 4) is 16.9 Å². The highest BCUT2D eigenvalue weighted by Crippen LogP contribution is 2.34. The first-order valence-electron chi connectivity index (χ1n) is 8.35. The number of halogens is 1. The molecule has 0 atom stereocenters. The minimum atomic E-state index is -0.479. The molecule has 0 saturated carbocycles. The highest BCUT2D eigenvalue weighted by molar-refractivity contribution is 5.97. The maximum Gasteiger partial charge on any atom is 0.137 e. The lowest BCUT2D eigenvalue weighted by molar-refractivity contribution is 0.415. The van der Waals surface area contributed by atoms with E-state index < -0.39 is 5.82 Å². The molecule has 0 spiro atoms. The van der Waals surface area contributed by atoms with Crippen molar-refractivity contribution in [3.05, 3.63) is 54.1 Å². The van der Waals surface area contributed by atoms with Gasteiger partial charge >= 0.3 is 0 Å². The molecule has 0 aliphatic carbocycles. The lowest BCUT2D eigenvalue weighted by atomic mass is 9.99. The zero-order chi connectivity index (χ0) is 17.8. The Bertz CT molecular complexity index is 898. The maximum atomic E-state index is 14.8. The third-order valence-corrected chi connectivity index (χ3v) is 4.21. The monoisotopic (exact) mass is 340 g/mol. The summed E-state index contributed by atoms with van der Waals surface area (Å²) in [6.45, 7) is 2.07. The number of rotatable bonds is 6. The molecule has 0 aliphatic heterocycles. The third kappa shape index (κ3) is 3.36. The number of benzene rings is 2. The molecule has 130 valence electrons. The summed E-state index contributed by atoms with van der Waals surface area (Å²) in [4.78, 5) is 7.28. The zero-order valence-electron chi connectivity index (χ0n) is 14.3. The van der Waals surface area contributed by atoms with E-state index in [4.69, 9.17) is 4.74 Å². The fraction of sp³-hybridized carbons (Fsp3) is 0.250. The molecule has 3 aromatic rings. The maximum absolute atomic E-state index is 14.8. The molecule has 1 aromatic heterocycles. The minimum absolute atomic E-state index is 0.0542. The van der Waals surface area contributed by atoms with Crippen LogP contribution in [0.2, 0.25) is 0 Å². The molecule has 2 N–H and O–H groups in total. The van der Waals surface area contributed by atoms with Crippen LogP contribution in [0.1, 0.15) is 31.7 Å². The van der Waals surface area contributed by atoms with E-state index >= 15 is 0 Å². The van der Waals surface area contributed by atoms with Crippen molar-refractivity contribution in [1.82, 2.24) is 9.97 Å². The molecule has 0 fully saturated rings. The first-order valence-corrected chi connectivity index (χ1v) is 8.35. The van der Waals surface area contributed by atoms with Gasteiger partial charge in [0.2, 0.25) is 0 Å². The summed E-state index contributed by atoms with van der Waals surface area (Å²) in [5, 5.41) is 10.3. The molecule has 0 saturated heterocycles. The number of aliphatic hydroxyl groups excluding tert-OH is 1. The fourth-order valence-corrected chi connectivity index (χ4v) is 2.86. The summed E-state index contributed by atoms with van der Waals surface area (Å²) >= 11 is 0. The summed E-state index contributed by atoms with van der Waals surface area (Å²) in [7, 11) is 1.60. The van der Waals surface area contributed by atoms with Crippen LogP contribution in [0.4, 0.5) is 4.39 Å². The Kier molecular flexibility index (Phi) is 5.03. The smallest absolute Gasteiger partial charge is 0.137 e. The second-order valence-corrected chi connectivity index (χ2v) is 5.87. The Morgan fingerprint density at radius 2 is 2.08 bits per heavy atom. The van der Waals surface area contributed by atoms with Crippen LogP contribution in [0, 0.1) is 5.82 Å². The number of hydrogen-bond donors (Lipinski definition) is 2. The van der Waals surface area contributed by atoms with E-state index in [0.29, 0.717) is 23.0 Å². The van der Waals surface area contributed by atoms with Crippen LogP contribution in [-0.2, 0) is 0 Å². The van der Waals surface area contributed by atoms with Crippen LogP contribution in [-0.4, -0.2) is 22.2 Å². The minimum Gasteiger partial charge on any atom is -0.507 e. The number of aromatic nitrogens is 2. The lowest BCUT2D eigenvalue weighted by Gasteiger charge is -2.10. The van der Waals surface area contributed by atoms with Gasteiger partial charge < -0.3 is 14.8 Å². The summed E-state index contributed by atoms with van der Waals surface area (Å²) in [6.07, 6.45) is 5.84. The Morgan fingerprint density at radius 3 is 2.76 bits per heavy atom. The molecule has 0 radical (unpaired) electrons. The second-order valence-electron chi connectivity index (χ2n) is 5.87. The largest absolute Gasteiger partial charge is 0.507 e. The highest BCUT2D eigenvalue weighted by Gasteiger charge is 2.18. The molecule has 4 nitrogen and oxygen atoms in total. The van der Waals surface area contributed by atoms with Crippen LogP contribution >= 0.6 is 0 Å². The van der Waals surface area contributed by atoms with Crippen LogP contribution < -0.4 is 4.74 Å². The number of hydrogen-bond acceptors (Lipinski definition) is 3. The number of ether oxygens (including phenoxy) is 1. The van der Waals surface area contributed by atoms with E-state index in [1.54, 1.807) is 13.2 Å². The van der Waals surface area contributed by atoms with Gasteiger partial charge in [-0.25, -0.2) is 9.37 Å². The molecular weight excluding hydrogens is 319 g/mol. The summed E-state index contributed by atoms with van der Waals surface area (Å²) in [5.74, 6) is 0.199. The number of methoxy groups -OCH3 is 1. The van der Waals surface area contributed by atoms with Gasteiger partial charge in [-0.05, 0) is 42.7 Å². The predicted octanol–water partition coefficient (Wildman–Crippen LogP) is 5.47. The molecule has 0 aliphatic rings. The molecule has 2 aromatic carbocycles. The lowest BCUT2D eigenvalue weighted by Crippen LogP contribution is -1.95. The molecule has 25 heavy (non-hydrogen) atoms. The Labute approximate surface area is 146 Å². The molecule has 5 heteroatoms. The van der Waals surface area contributed by atoms with Gasteiger partial charge in [-0.3, -0.25) is 0 Å². The van der Waals surface area contributed by atoms with Gasteiger partial charge in [-0.2, -0.15) is 0 Å². The topological polar surface area (TPSA) is 58.1 Å². The van der Waals surface area contributed by atoms with Crippen LogP contribution in [0.25, 0.3) is 27.9 Å². The first-order chi connectivity index (χ1) is 12.2. The van der Waals surface area contributed by atoms with Gasteiger partial charge in [-0.15, -0.1) is 0 Å². The predicted molar refractivity (Wildman–Crippen MR) is 98.2 cm³/mol. The SMILES string of the molecule is CCCC/C=C(/O)c1c(F)cc(-c2ccc(OC)cc2)c2nc[nH]c12. The molecule has 3 rings (SSSR count). The number of imidazole rings is 1. The molecule has 1 heterocycles. The average Bonchev–Trinajstić information content (AvgIpc) is 3.10. The van der Waals surface area contributed by atoms with Gasteiger partial charge in [0, 0.05) is 5.56 Å². The molecule has 0 amide bonds. The molecule has 0 bridgehead atoms. The van der Waals surface area contributed by atoms with E-state index in [2.05, 4.69) is 16.9 Å². The summed E-state index contributed by atoms with van der Waals surface area (Å²) in [5.41, 5.74) is 2.79. The Balaban J connectivity index is 2.10. The number of nitrogens with one attached hydrogen (secondary N) is 1. The number of fused-ring (bicyclic) bond motifs is 1. The van der Waals surface area contributed by atoms with Crippen LogP contribution in [0.15, 0.2) is 42.7 Å². The number of aliphatic hydroxyl groups is 1. The first kappa shape index (κ1) is 17.0. The van der Waals surface area contributed by atoms with E-state index in [-0.39, 0.29) is 11.3 Å². The number of H-pyrrole nitrogens is 1. The number of nitrogens with zero attached hydrogens (tertiary/aromatic N) is 1. The Morgan fingerprint density at radius 1 is 1.32 bits per heavy atom. The van der Waals surface area contributed by atoms with Crippen molar-refractivity contribution in [3.63, 3.8) is 0 Å². The van der Waals surface area contributed by atoms with Crippen molar-refractivity contribution in [2.45, 2.75) is 26.2 Å². The molecule has 0 unspecified atom stereocenters. The quantitative estimate of drug-likeness (QED) is 0.462. The van der Waals surface area contributed by atoms with Crippen LogP contribution in [0.5, 0.6) is 5.75 Å².